The Morgan fingerprint density at radius 3 is 2.33 bits per heavy atom. The monoisotopic (exact) mass is 445 g/mol. The predicted octanol–water partition coefficient (Wildman–Crippen LogP) is 3.39. The van der Waals surface area contributed by atoms with Crippen molar-refractivity contribution in [2.75, 3.05) is 39.8 Å². The molecule has 4 rings (SSSR count). The third kappa shape index (κ3) is 4.95. The average Bonchev–Trinajstić information content (AvgIpc) is 3.41. The maximum absolute atomic E-state index is 13.0. The van der Waals surface area contributed by atoms with Gasteiger partial charge in [-0.05, 0) is 43.4 Å². The smallest absolute Gasteiger partial charge is 0.255 e. The van der Waals surface area contributed by atoms with Crippen molar-refractivity contribution in [2.45, 2.75) is 31.1 Å². The predicted molar refractivity (Wildman–Crippen MR) is 128 cm³/mol. The molecule has 0 spiro atoms. The van der Waals surface area contributed by atoms with Gasteiger partial charge in [0.1, 0.15) is 5.75 Å². The summed E-state index contributed by atoms with van der Waals surface area (Å²) in [6.45, 7) is 4.02. The van der Waals surface area contributed by atoms with Crippen LogP contribution in [0.25, 0.3) is 0 Å². The second-order valence-electron chi connectivity index (χ2n) is 8.72. The molecule has 1 N–H and O–H groups in total. The van der Waals surface area contributed by atoms with E-state index in [-0.39, 0.29) is 11.3 Å². The molecule has 1 amide bonds. The van der Waals surface area contributed by atoms with Gasteiger partial charge in [0.2, 0.25) is 12.2 Å². The first-order valence-corrected chi connectivity index (χ1v) is 11.6. The number of nitrogens with one attached hydrogen (secondary N) is 1. The molecule has 7 heteroatoms. The molecule has 2 aromatic carbocycles. The first-order chi connectivity index (χ1) is 16.2. The number of amides is 1. The van der Waals surface area contributed by atoms with E-state index in [1.54, 1.807) is 19.2 Å². The molecule has 0 saturated carbocycles. The van der Waals surface area contributed by atoms with Crippen molar-refractivity contribution in [1.82, 2.24) is 15.1 Å². The molecule has 7 nitrogen and oxygen atoms in total. The number of para-hydroxylation sites is 1. The average molecular weight is 446 g/mol. The van der Waals surface area contributed by atoms with Gasteiger partial charge >= 0.3 is 0 Å². The minimum absolute atomic E-state index is 0.131. The Kier molecular flexibility index (Phi) is 7.13. The number of carbonyl (C=O) groups is 1. The molecule has 0 aromatic heterocycles. The zero-order valence-corrected chi connectivity index (χ0v) is 19.2. The van der Waals surface area contributed by atoms with Crippen molar-refractivity contribution in [1.29, 1.82) is 5.26 Å². The van der Waals surface area contributed by atoms with Crippen LogP contribution in [-0.2, 0) is 5.41 Å². The molecule has 33 heavy (non-hydrogen) atoms. The van der Waals surface area contributed by atoms with Crippen LogP contribution < -0.4 is 10.1 Å². The fourth-order valence-corrected chi connectivity index (χ4v) is 4.97. The molecule has 0 unspecified atom stereocenters. The Bertz CT molecular complexity index is 1020. The summed E-state index contributed by atoms with van der Waals surface area (Å²) >= 11 is 0. The van der Waals surface area contributed by atoms with Gasteiger partial charge in [-0.25, -0.2) is 0 Å². The van der Waals surface area contributed by atoms with Gasteiger partial charge in [-0.1, -0.05) is 42.5 Å². The molecule has 2 aromatic rings. The number of piperidine rings is 1. The van der Waals surface area contributed by atoms with Crippen molar-refractivity contribution in [2.24, 2.45) is 4.99 Å². The van der Waals surface area contributed by atoms with E-state index in [9.17, 15) is 10.1 Å². The van der Waals surface area contributed by atoms with E-state index in [4.69, 9.17) is 4.74 Å². The fourth-order valence-electron chi connectivity index (χ4n) is 4.97. The largest absolute Gasteiger partial charge is 0.496 e. The Morgan fingerprint density at radius 1 is 1.03 bits per heavy atom. The Hall–Kier alpha value is -3.53. The maximum atomic E-state index is 13.0. The third-order valence-corrected chi connectivity index (χ3v) is 6.87. The van der Waals surface area contributed by atoms with Gasteiger partial charge in [-0.15, -0.1) is 4.99 Å². The number of rotatable bonds is 5. The minimum Gasteiger partial charge on any atom is -0.496 e. The summed E-state index contributed by atoms with van der Waals surface area (Å²) in [6.07, 6.45) is 6.00. The van der Waals surface area contributed by atoms with Crippen LogP contribution in [0.4, 0.5) is 0 Å². The molecule has 2 saturated heterocycles. The lowest BCUT2D eigenvalue weighted by molar-refractivity contribution is 0.0928. The Labute approximate surface area is 195 Å². The topological polar surface area (TPSA) is 81.0 Å². The number of hydrogen-bond donors (Lipinski definition) is 1. The molecule has 0 atom stereocenters. The first kappa shape index (κ1) is 22.7. The van der Waals surface area contributed by atoms with E-state index in [1.165, 1.54) is 5.56 Å². The summed E-state index contributed by atoms with van der Waals surface area (Å²) in [7, 11) is 1.58. The third-order valence-electron chi connectivity index (χ3n) is 6.87. The fraction of sp³-hybridized carbons (Fsp3) is 0.423. The molecule has 0 aliphatic carbocycles. The van der Waals surface area contributed by atoms with E-state index < -0.39 is 0 Å². The molecule has 2 heterocycles. The molecular formula is C26H31N5O2. The zero-order chi connectivity index (χ0) is 23.1. The molecule has 2 fully saturated rings. The van der Waals surface area contributed by atoms with E-state index in [1.807, 2.05) is 24.4 Å². The number of nitrogens with zero attached hydrogens (tertiary/aromatic N) is 4. The quantitative estimate of drug-likeness (QED) is 0.433. The summed E-state index contributed by atoms with van der Waals surface area (Å²) < 4.78 is 5.37. The molecule has 2 aliphatic heterocycles. The number of methoxy groups -OCH3 is 1. The number of nitriles is 1. The SMILES string of the molecule is COc1ccccc1C(=O)NCC1(c2ccccc2)CCN(/C(=N/C#N)N2CCCC2)CC1. The number of carbonyl (C=O) groups excluding carboxylic acids is 1. The lowest BCUT2D eigenvalue weighted by Crippen LogP contribution is -2.53. The second-order valence-corrected chi connectivity index (χ2v) is 8.72. The van der Waals surface area contributed by atoms with Crippen molar-refractivity contribution >= 4 is 11.9 Å². The van der Waals surface area contributed by atoms with Gasteiger partial charge in [0, 0.05) is 38.1 Å². The van der Waals surface area contributed by atoms with Crippen molar-refractivity contribution in [3.8, 4) is 11.9 Å². The highest BCUT2D eigenvalue weighted by Crippen LogP contribution is 2.36. The molecule has 0 radical (unpaired) electrons. The number of ether oxygens (including phenoxy) is 1. The molecule has 0 bridgehead atoms. The second kappa shape index (κ2) is 10.4. The lowest BCUT2D eigenvalue weighted by Gasteiger charge is -2.44. The van der Waals surface area contributed by atoms with Gasteiger partial charge in [0.25, 0.3) is 5.91 Å². The summed E-state index contributed by atoms with van der Waals surface area (Å²) in [5, 5.41) is 12.4. The summed E-state index contributed by atoms with van der Waals surface area (Å²) in [5.74, 6) is 1.24. The number of guanidine groups is 1. The van der Waals surface area contributed by atoms with Crippen LogP contribution in [0.1, 0.15) is 41.6 Å². The first-order valence-electron chi connectivity index (χ1n) is 11.6. The van der Waals surface area contributed by atoms with Gasteiger partial charge in [0.05, 0.1) is 12.7 Å². The van der Waals surface area contributed by atoms with Crippen LogP contribution in [0.2, 0.25) is 0 Å². The highest BCUT2D eigenvalue weighted by atomic mass is 16.5. The van der Waals surface area contributed by atoms with Crippen molar-refractivity contribution in [3.05, 3.63) is 65.7 Å². The van der Waals surface area contributed by atoms with E-state index in [0.29, 0.717) is 17.9 Å². The summed E-state index contributed by atoms with van der Waals surface area (Å²) in [6, 6.07) is 17.7. The van der Waals surface area contributed by atoms with Crippen LogP contribution in [0.15, 0.2) is 59.6 Å². The number of likely N-dealkylation sites (tertiary alicyclic amines) is 2. The molecular weight excluding hydrogens is 414 g/mol. The number of benzene rings is 2. The Morgan fingerprint density at radius 2 is 1.67 bits per heavy atom. The van der Waals surface area contributed by atoms with Crippen LogP contribution in [0.5, 0.6) is 5.75 Å². The van der Waals surface area contributed by atoms with E-state index in [2.05, 4.69) is 44.4 Å². The van der Waals surface area contributed by atoms with Crippen molar-refractivity contribution in [3.63, 3.8) is 0 Å². The lowest BCUT2D eigenvalue weighted by atomic mass is 9.72. The maximum Gasteiger partial charge on any atom is 0.255 e. The Balaban J connectivity index is 1.51. The van der Waals surface area contributed by atoms with Crippen LogP contribution in [-0.4, -0.2) is 61.5 Å². The van der Waals surface area contributed by atoms with E-state index >= 15 is 0 Å². The minimum atomic E-state index is -0.182. The molecule has 2 aliphatic rings. The van der Waals surface area contributed by atoms with Gasteiger partial charge in [-0.2, -0.15) is 5.26 Å². The van der Waals surface area contributed by atoms with Crippen LogP contribution in [0.3, 0.4) is 0 Å². The van der Waals surface area contributed by atoms with Crippen molar-refractivity contribution < 1.29 is 9.53 Å². The normalized spacial score (nSPS) is 18.0. The number of hydrogen-bond acceptors (Lipinski definition) is 4. The van der Waals surface area contributed by atoms with Crippen LogP contribution in [0, 0.1) is 11.5 Å². The standard InChI is InChI=1S/C26H31N5O2/c1-33-23-12-6-5-11-22(23)24(32)28-19-26(21-9-3-2-4-10-21)13-17-31(18-14-26)25(29-20-27)30-15-7-8-16-30/h2-6,9-12H,7-8,13-19H2,1H3,(H,28,32)/b29-25+. The summed E-state index contributed by atoms with van der Waals surface area (Å²) in [4.78, 5) is 21.6. The zero-order valence-electron chi connectivity index (χ0n) is 19.2. The van der Waals surface area contributed by atoms with Gasteiger partial charge in [0.15, 0.2) is 0 Å². The summed E-state index contributed by atoms with van der Waals surface area (Å²) in [5.41, 5.74) is 1.58. The number of aliphatic imine (C=N–C) groups is 1. The molecule has 172 valence electrons. The highest BCUT2D eigenvalue weighted by molar-refractivity contribution is 5.97. The van der Waals surface area contributed by atoms with Gasteiger partial charge in [-0.3, -0.25) is 4.79 Å². The highest BCUT2D eigenvalue weighted by Gasteiger charge is 2.38. The van der Waals surface area contributed by atoms with Gasteiger partial charge < -0.3 is 19.9 Å². The van der Waals surface area contributed by atoms with E-state index in [0.717, 1.165) is 57.8 Å². The van der Waals surface area contributed by atoms with Crippen LogP contribution >= 0.6 is 0 Å².